The van der Waals surface area contributed by atoms with Gasteiger partial charge in [0.1, 0.15) is 11.8 Å². The van der Waals surface area contributed by atoms with Crippen LogP contribution in [0, 0.1) is 0 Å². The third-order valence-electron chi connectivity index (χ3n) is 3.91. The molecule has 0 saturated carbocycles. The first-order valence-electron chi connectivity index (χ1n) is 8.56. The van der Waals surface area contributed by atoms with Crippen LogP contribution in [0.2, 0.25) is 0 Å². The molecule has 0 saturated heterocycles. The van der Waals surface area contributed by atoms with Crippen molar-refractivity contribution in [1.29, 1.82) is 0 Å². The van der Waals surface area contributed by atoms with Gasteiger partial charge >= 0.3 is 5.97 Å². The summed E-state index contributed by atoms with van der Waals surface area (Å²) in [5.41, 5.74) is 7.20. The zero-order valence-corrected chi connectivity index (χ0v) is 15.0. The average molecular weight is 370 g/mol. The Kier molecular flexibility index (Phi) is 6.93. The van der Waals surface area contributed by atoms with Gasteiger partial charge in [-0.25, -0.2) is 4.79 Å². The second-order valence-corrected chi connectivity index (χ2v) is 5.91. The highest BCUT2D eigenvalue weighted by molar-refractivity contribution is 5.97. The molecule has 0 aromatic heterocycles. The van der Waals surface area contributed by atoms with E-state index in [0.717, 1.165) is 16.9 Å². The molecule has 2 rings (SSSR count). The van der Waals surface area contributed by atoms with Crippen LogP contribution in [0.3, 0.4) is 0 Å². The third kappa shape index (κ3) is 5.85. The number of amides is 2. The standard InChI is InChI=1S/C20H22N2O5/c1-2-27-16-5-3-4-15(12-16)13-6-8-14(9-7-13)19(24)22-17(20(25)26)10-11-18(21)23/h3-9,12,17H,2,10-11H2,1H3,(H2,21,23)(H,22,24)(H,25,26)/t17-/m0/s1. The number of carboxylic acids is 1. The molecule has 4 N–H and O–H groups in total. The summed E-state index contributed by atoms with van der Waals surface area (Å²) in [6.45, 7) is 2.48. The molecule has 2 aromatic rings. The van der Waals surface area contributed by atoms with Crippen molar-refractivity contribution in [3.63, 3.8) is 0 Å². The van der Waals surface area contributed by atoms with Crippen LogP contribution in [0.1, 0.15) is 30.1 Å². The molecule has 7 heteroatoms. The van der Waals surface area contributed by atoms with Crippen LogP contribution in [0.15, 0.2) is 48.5 Å². The van der Waals surface area contributed by atoms with Crippen LogP contribution >= 0.6 is 0 Å². The van der Waals surface area contributed by atoms with E-state index in [1.54, 1.807) is 24.3 Å². The van der Waals surface area contributed by atoms with Gasteiger partial charge in [-0.2, -0.15) is 0 Å². The van der Waals surface area contributed by atoms with Crippen LogP contribution < -0.4 is 15.8 Å². The van der Waals surface area contributed by atoms with Gasteiger partial charge in [0.25, 0.3) is 5.91 Å². The van der Waals surface area contributed by atoms with Crippen LogP contribution in [0.25, 0.3) is 11.1 Å². The zero-order chi connectivity index (χ0) is 19.8. The molecule has 0 aliphatic rings. The number of primary amides is 1. The first kappa shape index (κ1) is 20.0. The van der Waals surface area contributed by atoms with E-state index in [4.69, 9.17) is 15.6 Å². The number of nitrogens with two attached hydrogens (primary N) is 1. The van der Waals surface area contributed by atoms with E-state index in [2.05, 4.69) is 5.32 Å². The monoisotopic (exact) mass is 370 g/mol. The minimum Gasteiger partial charge on any atom is -0.494 e. The Labute approximate surface area is 157 Å². The number of nitrogens with one attached hydrogen (secondary N) is 1. The van der Waals surface area contributed by atoms with Crippen molar-refractivity contribution in [3.8, 4) is 16.9 Å². The number of ether oxygens (including phenoxy) is 1. The van der Waals surface area contributed by atoms with Crippen molar-refractivity contribution in [2.45, 2.75) is 25.8 Å². The molecular weight excluding hydrogens is 348 g/mol. The lowest BCUT2D eigenvalue weighted by Gasteiger charge is -2.14. The summed E-state index contributed by atoms with van der Waals surface area (Å²) in [4.78, 5) is 34.3. The van der Waals surface area contributed by atoms with Gasteiger partial charge in [-0.05, 0) is 48.7 Å². The van der Waals surface area contributed by atoms with Crippen LogP contribution in [-0.2, 0) is 9.59 Å². The van der Waals surface area contributed by atoms with Crippen LogP contribution in [0.5, 0.6) is 5.75 Å². The highest BCUT2D eigenvalue weighted by atomic mass is 16.5. The Hall–Kier alpha value is -3.35. The van der Waals surface area contributed by atoms with Crippen molar-refractivity contribution in [3.05, 3.63) is 54.1 Å². The molecule has 0 aliphatic heterocycles. The molecule has 0 unspecified atom stereocenters. The molecule has 7 nitrogen and oxygen atoms in total. The number of aliphatic carboxylic acids is 1. The third-order valence-corrected chi connectivity index (χ3v) is 3.91. The molecule has 0 heterocycles. The molecule has 2 amide bonds. The second kappa shape index (κ2) is 9.38. The van der Waals surface area contributed by atoms with Gasteiger partial charge in [-0.15, -0.1) is 0 Å². The summed E-state index contributed by atoms with van der Waals surface area (Å²) in [5.74, 6) is -1.60. The minimum atomic E-state index is -1.21. The number of carbonyl (C=O) groups excluding carboxylic acids is 2. The summed E-state index contributed by atoms with van der Waals surface area (Å²) in [6, 6.07) is 13.2. The number of rotatable bonds is 9. The Morgan fingerprint density at radius 2 is 1.81 bits per heavy atom. The zero-order valence-electron chi connectivity index (χ0n) is 15.0. The second-order valence-electron chi connectivity index (χ2n) is 5.91. The highest BCUT2D eigenvalue weighted by Gasteiger charge is 2.21. The Morgan fingerprint density at radius 1 is 1.11 bits per heavy atom. The topological polar surface area (TPSA) is 119 Å². The summed E-state index contributed by atoms with van der Waals surface area (Å²) in [6.07, 6.45) is -0.176. The van der Waals surface area contributed by atoms with Gasteiger partial charge in [0, 0.05) is 12.0 Å². The lowest BCUT2D eigenvalue weighted by Crippen LogP contribution is -2.41. The lowest BCUT2D eigenvalue weighted by atomic mass is 10.0. The Bertz CT molecular complexity index is 817. The normalized spacial score (nSPS) is 11.4. The molecule has 0 fully saturated rings. The molecule has 27 heavy (non-hydrogen) atoms. The predicted octanol–water partition coefficient (Wildman–Crippen LogP) is 2.20. The van der Waals surface area contributed by atoms with Crippen LogP contribution in [0.4, 0.5) is 0 Å². The largest absolute Gasteiger partial charge is 0.494 e. The van der Waals surface area contributed by atoms with E-state index in [1.165, 1.54) is 0 Å². The molecule has 0 bridgehead atoms. The fourth-order valence-corrected chi connectivity index (χ4v) is 2.53. The quantitative estimate of drug-likeness (QED) is 0.625. The fraction of sp³-hybridized carbons (Fsp3) is 0.250. The van der Waals surface area contributed by atoms with E-state index >= 15 is 0 Å². The lowest BCUT2D eigenvalue weighted by molar-refractivity contribution is -0.139. The van der Waals surface area contributed by atoms with Crippen LogP contribution in [-0.4, -0.2) is 35.5 Å². The summed E-state index contributed by atoms with van der Waals surface area (Å²) >= 11 is 0. The molecule has 0 radical (unpaired) electrons. The molecule has 2 aromatic carbocycles. The van der Waals surface area contributed by atoms with Crippen molar-refractivity contribution in [2.75, 3.05) is 6.61 Å². The van der Waals surface area contributed by atoms with Gasteiger partial charge in [0.05, 0.1) is 6.61 Å². The first-order chi connectivity index (χ1) is 12.9. The van der Waals surface area contributed by atoms with E-state index < -0.39 is 23.8 Å². The smallest absolute Gasteiger partial charge is 0.326 e. The minimum absolute atomic E-state index is 0.0568. The summed E-state index contributed by atoms with van der Waals surface area (Å²) < 4.78 is 5.48. The molecule has 1 atom stereocenters. The van der Waals surface area contributed by atoms with Crippen molar-refractivity contribution in [2.24, 2.45) is 5.73 Å². The molecular formula is C20H22N2O5. The average Bonchev–Trinajstić information content (AvgIpc) is 2.65. The maximum absolute atomic E-state index is 12.3. The van der Waals surface area contributed by atoms with E-state index in [1.807, 2.05) is 31.2 Å². The Morgan fingerprint density at radius 3 is 2.41 bits per heavy atom. The first-order valence-corrected chi connectivity index (χ1v) is 8.56. The fourth-order valence-electron chi connectivity index (χ4n) is 2.53. The van der Waals surface area contributed by atoms with Gasteiger partial charge in [0.2, 0.25) is 5.91 Å². The molecule has 142 valence electrons. The molecule has 0 aliphatic carbocycles. The highest BCUT2D eigenvalue weighted by Crippen LogP contribution is 2.24. The van der Waals surface area contributed by atoms with Crippen molar-refractivity contribution < 1.29 is 24.2 Å². The molecule has 0 spiro atoms. The van der Waals surface area contributed by atoms with E-state index in [9.17, 15) is 14.4 Å². The number of carboxylic acid groups (broad SMARTS) is 1. The Balaban J connectivity index is 2.09. The van der Waals surface area contributed by atoms with E-state index in [0.29, 0.717) is 12.2 Å². The number of hydrogen-bond acceptors (Lipinski definition) is 4. The summed E-state index contributed by atoms with van der Waals surface area (Å²) in [5, 5.41) is 11.6. The van der Waals surface area contributed by atoms with Crippen molar-refractivity contribution >= 4 is 17.8 Å². The number of hydrogen-bond donors (Lipinski definition) is 3. The van der Waals surface area contributed by atoms with E-state index in [-0.39, 0.29) is 12.8 Å². The predicted molar refractivity (Wildman–Crippen MR) is 100 cm³/mol. The van der Waals surface area contributed by atoms with Crippen molar-refractivity contribution in [1.82, 2.24) is 5.32 Å². The number of benzene rings is 2. The summed E-state index contributed by atoms with van der Waals surface area (Å²) in [7, 11) is 0. The van der Waals surface area contributed by atoms with Gasteiger partial charge in [0.15, 0.2) is 0 Å². The number of carbonyl (C=O) groups is 3. The SMILES string of the molecule is CCOc1cccc(-c2ccc(C(=O)N[C@@H](CCC(N)=O)C(=O)O)cc2)c1. The maximum atomic E-state index is 12.3. The maximum Gasteiger partial charge on any atom is 0.326 e. The van der Waals surface area contributed by atoms with Gasteiger partial charge in [-0.1, -0.05) is 24.3 Å². The van der Waals surface area contributed by atoms with Gasteiger partial charge in [-0.3, -0.25) is 9.59 Å². The van der Waals surface area contributed by atoms with Gasteiger partial charge < -0.3 is 20.9 Å².